The van der Waals surface area contributed by atoms with Crippen LogP contribution in [-0.4, -0.2) is 66.5 Å². The van der Waals surface area contributed by atoms with E-state index in [9.17, 15) is 9.59 Å². The van der Waals surface area contributed by atoms with Gasteiger partial charge in [0.15, 0.2) is 5.76 Å². The topological polar surface area (TPSA) is 61.9 Å². The molecule has 3 aliphatic rings. The molecular weight excluding hydrogens is 542 g/mol. The van der Waals surface area contributed by atoms with Crippen LogP contribution in [0.15, 0.2) is 64.8 Å². The number of ether oxygens (including phenoxy) is 1. The smallest absolute Gasteiger partial charge is 0.289 e. The number of nitrogens with one attached hydrogen (secondary N) is 1. The van der Waals surface area contributed by atoms with Crippen molar-refractivity contribution in [3.05, 3.63) is 76.0 Å². The van der Waals surface area contributed by atoms with E-state index in [0.29, 0.717) is 12.3 Å². The van der Waals surface area contributed by atoms with Gasteiger partial charge in [0.25, 0.3) is 5.91 Å². The molecule has 1 saturated carbocycles. The third kappa shape index (κ3) is 7.06. The summed E-state index contributed by atoms with van der Waals surface area (Å²) in [6, 6.07) is 18.5. The Morgan fingerprint density at radius 1 is 1.03 bits per heavy atom. The maximum absolute atomic E-state index is 13.4. The molecule has 2 heterocycles. The summed E-state index contributed by atoms with van der Waals surface area (Å²) in [5, 5.41) is 3.08. The molecule has 2 aromatic carbocycles. The average molecular weight is 581 g/mol. The highest BCUT2D eigenvalue weighted by molar-refractivity contribution is 9.10. The van der Waals surface area contributed by atoms with Crippen molar-refractivity contribution >= 4 is 33.8 Å². The van der Waals surface area contributed by atoms with Crippen molar-refractivity contribution in [3.8, 4) is 0 Å². The van der Waals surface area contributed by atoms with Crippen LogP contribution >= 0.6 is 15.9 Å². The summed E-state index contributed by atoms with van der Waals surface area (Å²) in [5.41, 5.74) is 2.32. The molecule has 2 unspecified atom stereocenters. The van der Waals surface area contributed by atoms with Crippen LogP contribution in [0.5, 0.6) is 0 Å². The lowest BCUT2D eigenvalue weighted by Gasteiger charge is -2.44. The van der Waals surface area contributed by atoms with Crippen LogP contribution in [-0.2, 0) is 20.7 Å². The van der Waals surface area contributed by atoms with Gasteiger partial charge in [0.05, 0.1) is 6.04 Å². The van der Waals surface area contributed by atoms with Crippen molar-refractivity contribution in [2.45, 2.75) is 57.1 Å². The summed E-state index contributed by atoms with van der Waals surface area (Å²) in [7, 11) is 0. The molecule has 7 heteroatoms. The second kappa shape index (κ2) is 12.9. The normalized spacial score (nSPS) is 23.7. The van der Waals surface area contributed by atoms with Crippen LogP contribution in [0.3, 0.4) is 0 Å². The third-order valence-electron chi connectivity index (χ3n) is 8.10. The molecule has 0 bridgehead atoms. The zero-order valence-corrected chi connectivity index (χ0v) is 23.6. The first-order valence-electron chi connectivity index (χ1n) is 14.0. The SMILES string of the molecule is O=C(CN1C(=O)/C(=C\c2cccc(Br)c2)OC2CCCCC21)NCCN1CCC(Cc2ccccc2)CC1. The molecule has 6 nitrogen and oxygen atoms in total. The van der Waals surface area contributed by atoms with Crippen molar-refractivity contribution in [2.75, 3.05) is 32.7 Å². The molecule has 1 N–H and O–H groups in total. The number of benzene rings is 2. The predicted molar refractivity (Wildman–Crippen MR) is 153 cm³/mol. The first-order chi connectivity index (χ1) is 18.5. The van der Waals surface area contributed by atoms with Gasteiger partial charge >= 0.3 is 0 Å². The lowest BCUT2D eigenvalue weighted by molar-refractivity contribution is -0.151. The van der Waals surface area contributed by atoms with E-state index in [1.54, 1.807) is 11.0 Å². The van der Waals surface area contributed by atoms with Gasteiger partial charge in [-0.25, -0.2) is 0 Å². The Kier molecular flexibility index (Phi) is 9.18. The average Bonchev–Trinajstić information content (AvgIpc) is 2.93. The van der Waals surface area contributed by atoms with Crippen LogP contribution in [0.25, 0.3) is 6.08 Å². The summed E-state index contributed by atoms with van der Waals surface area (Å²) in [5.74, 6) is 0.782. The summed E-state index contributed by atoms with van der Waals surface area (Å²) in [4.78, 5) is 30.6. The van der Waals surface area contributed by atoms with E-state index in [-0.39, 0.29) is 30.5 Å². The van der Waals surface area contributed by atoms with Crippen LogP contribution in [0.4, 0.5) is 0 Å². The molecule has 0 radical (unpaired) electrons. The monoisotopic (exact) mass is 579 g/mol. The third-order valence-corrected chi connectivity index (χ3v) is 8.60. The van der Waals surface area contributed by atoms with Gasteiger partial charge in [-0.05, 0) is 86.9 Å². The zero-order chi connectivity index (χ0) is 26.3. The van der Waals surface area contributed by atoms with Crippen molar-refractivity contribution < 1.29 is 14.3 Å². The van der Waals surface area contributed by atoms with Gasteiger partial charge in [-0.3, -0.25) is 9.59 Å². The number of carbonyl (C=O) groups is 2. The Morgan fingerprint density at radius 3 is 2.61 bits per heavy atom. The number of hydrogen-bond acceptors (Lipinski definition) is 4. The van der Waals surface area contributed by atoms with Gasteiger partial charge in [-0.2, -0.15) is 0 Å². The molecule has 3 fully saturated rings. The molecule has 2 amide bonds. The van der Waals surface area contributed by atoms with Crippen molar-refractivity contribution in [1.82, 2.24) is 15.1 Å². The molecule has 0 spiro atoms. The van der Waals surface area contributed by atoms with Crippen molar-refractivity contribution in [3.63, 3.8) is 0 Å². The number of rotatable bonds is 8. The fraction of sp³-hybridized carbons (Fsp3) is 0.484. The van der Waals surface area contributed by atoms with Crippen molar-refractivity contribution in [2.24, 2.45) is 5.92 Å². The molecule has 5 rings (SSSR count). The molecule has 2 aliphatic heterocycles. The van der Waals surface area contributed by atoms with E-state index in [1.807, 2.05) is 24.3 Å². The number of carbonyl (C=O) groups excluding carboxylic acids is 2. The van der Waals surface area contributed by atoms with Gasteiger partial charge in [-0.1, -0.05) is 64.8 Å². The number of hydrogen-bond donors (Lipinski definition) is 1. The number of morpholine rings is 1. The van der Waals surface area contributed by atoms with Crippen LogP contribution in [0, 0.1) is 5.92 Å². The van der Waals surface area contributed by atoms with Gasteiger partial charge in [0.1, 0.15) is 12.6 Å². The van der Waals surface area contributed by atoms with Crippen LogP contribution < -0.4 is 5.32 Å². The predicted octanol–water partition coefficient (Wildman–Crippen LogP) is 5.03. The number of halogens is 1. The van der Waals surface area contributed by atoms with E-state index in [2.05, 4.69) is 56.5 Å². The first-order valence-corrected chi connectivity index (χ1v) is 14.8. The minimum Gasteiger partial charge on any atom is -0.482 e. The Balaban J connectivity index is 1.11. The van der Waals surface area contributed by atoms with Gasteiger partial charge in [-0.15, -0.1) is 0 Å². The zero-order valence-electron chi connectivity index (χ0n) is 22.0. The van der Waals surface area contributed by atoms with E-state index in [4.69, 9.17) is 4.74 Å². The molecule has 2 aromatic rings. The second-order valence-electron chi connectivity index (χ2n) is 10.8. The van der Waals surface area contributed by atoms with Crippen LogP contribution in [0.2, 0.25) is 0 Å². The standard InChI is InChI=1S/C31H38BrN3O3/c32-26-10-6-9-25(20-26)21-29-31(37)35(27-11-4-5-12-28(27)38-29)22-30(36)33-15-18-34-16-13-24(14-17-34)19-23-7-2-1-3-8-23/h1-3,6-10,20-21,24,27-28H,4-5,11-19,22H2,(H,33,36)/b29-21+. The number of fused-ring (bicyclic) bond motifs is 1. The fourth-order valence-corrected chi connectivity index (χ4v) is 6.45. The number of nitrogens with zero attached hydrogens (tertiary/aromatic N) is 2. The minimum absolute atomic E-state index is 0.0368. The number of likely N-dealkylation sites (tertiary alicyclic amines) is 1. The van der Waals surface area contributed by atoms with E-state index in [0.717, 1.165) is 67.7 Å². The number of amides is 2. The Bertz CT molecular complexity index is 1130. The maximum atomic E-state index is 13.4. The van der Waals surface area contributed by atoms with Crippen molar-refractivity contribution in [1.29, 1.82) is 0 Å². The summed E-state index contributed by atoms with van der Waals surface area (Å²) in [6.07, 6.45) is 9.22. The Morgan fingerprint density at radius 2 is 1.82 bits per heavy atom. The fourth-order valence-electron chi connectivity index (χ4n) is 6.04. The molecule has 1 aliphatic carbocycles. The number of piperidine rings is 1. The molecule has 202 valence electrons. The van der Waals surface area contributed by atoms with E-state index in [1.165, 1.54) is 18.4 Å². The highest BCUT2D eigenvalue weighted by Gasteiger charge is 2.42. The lowest BCUT2D eigenvalue weighted by Crippen LogP contribution is -2.57. The van der Waals surface area contributed by atoms with Gasteiger partial charge < -0.3 is 19.9 Å². The van der Waals surface area contributed by atoms with Gasteiger partial charge in [0, 0.05) is 17.6 Å². The Hall–Kier alpha value is -2.64. The minimum atomic E-state index is -0.191. The molecular formula is C31H38BrN3O3. The summed E-state index contributed by atoms with van der Waals surface area (Å²) >= 11 is 3.49. The maximum Gasteiger partial charge on any atom is 0.289 e. The molecule has 0 aromatic heterocycles. The first kappa shape index (κ1) is 26.9. The second-order valence-corrected chi connectivity index (χ2v) is 11.7. The molecule has 2 atom stereocenters. The van der Waals surface area contributed by atoms with Gasteiger partial charge in [0.2, 0.25) is 5.91 Å². The summed E-state index contributed by atoms with van der Waals surface area (Å²) < 4.78 is 7.13. The highest BCUT2D eigenvalue weighted by Crippen LogP contribution is 2.33. The largest absolute Gasteiger partial charge is 0.482 e. The van der Waals surface area contributed by atoms with E-state index < -0.39 is 0 Å². The molecule has 2 saturated heterocycles. The lowest BCUT2D eigenvalue weighted by atomic mass is 9.89. The highest BCUT2D eigenvalue weighted by atomic mass is 79.9. The molecule has 38 heavy (non-hydrogen) atoms. The van der Waals surface area contributed by atoms with E-state index >= 15 is 0 Å². The quantitative estimate of drug-likeness (QED) is 0.445. The van der Waals surface area contributed by atoms with Crippen LogP contribution in [0.1, 0.15) is 49.7 Å². The Labute approximate surface area is 234 Å². The summed E-state index contributed by atoms with van der Waals surface area (Å²) in [6.45, 7) is 3.68.